The first kappa shape index (κ1) is 14.3. The topological polar surface area (TPSA) is 59.9 Å². The van der Waals surface area contributed by atoms with Gasteiger partial charge < -0.3 is 14.8 Å². The second-order valence-electron chi connectivity index (χ2n) is 3.35. The van der Waals surface area contributed by atoms with E-state index in [0.717, 1.165) is 0 Å². The van der Waals surface area contributed by atoms with E-state index >= 15 is 0 Å². The minimum absolute atomic E-state index is 0.264. The lowest BCUT2D eigenvalue weighted by molar-refractivity contribution is 0.112. The number of hydrogen-bond acceptors (Lipinski definition) is 4. The number of nitrogens with zero attached hydrogens (tertiary/aromatic N) is 1. The number of halogens is 1. The summed E-state index contributed by atoms with van der Waals surface area (Å²) in [6.45, 7) is 0.264. The Balaban J connectivity index is 2.94. The molecule has 1 N–H and O–H groups in total. The predicted molar refractivity (Wildman–Crippen MR) is 71.3 cm³/mol. The molecule has 0 aliphatic rings. The number of carbonyl (C=O) groups is 1. The van der Waals surface area contributed by atoms with Gasteiger partial charge in [0.15, 0.2) is 17.8 Å². The van der Waals surface area contributed by atoms with Gasteiger partial charge in [-0.05, 0) is 6.07 Å². The Morgan fingerprint density at radius 3 is 2.72 bits per heavy atom. The van der Waals surface area contributed by atoms with Crippen molar-refractivity contribution in [1.29, 1.82) is 0 Å². The van der Waals surface area contributed by atoms with Gasteiger partial charge in [0.05, 0.1) is 12.1 Å². The molecule has 0 aliphatic heterocycles. The summed E-state index contributed by atoms with van der Waals surface area (Å²) in [5, 5.41) is 3.21. The summed E-state index contributed by atoms with van der Waals surface area (Å²) < 4.78 is 10.7. The molecule has 0 amide bonds. The third-order valence-electron chi connectivity index (χ3n) is 2.33. The quantitative estimate of drug-likeness (QED) is 0.503. The third kappa shape index (κ3) is 3.37. The smallest absolute Gasteiger partial charge is 0.163 e. The molecule has 0 saturated heterocycles. The fraction of sp³-hybridized carbons (Fsp3) is 0.333. The van der Waals surface area contributed by atoms with E-state index in [1.54, 1.807) is 20.2 Å². The van der Waals surface area contributed by atoms with Crippen LogP contribution >= 0.6 is 11.6 Å². The maximum atomic E-state index is 10.8. The van der Waals surface area contributed by atoms with Gasteiger partial charge in [0, 0.05) is 25.7 Å². The number of ether oxygens (including phenoxy) is 2. The van der Waals surface area contributed by atoms with Crippen LogP contribution in [0.25, 0.3) is 0 Å². The molecule has 1 aromatic carbocycles. The van der Waals surface area contributed by atoms with Crippen molar-refractivity contribution < 1.29 is 14.3 Å². The van der Waals surface area contributed by atoms with Gasteiger partial charge in [-0.15, -0.1) is 0 Å². The molecule has 98 valence electrons. The van der Waals surface area contributed by atoms with Crippen LogP contribution in [0.15, 0.2) is 17.1 Å². The fourth-order valence-corrected chi connectivity index (χ4v) is 1.51. The third-order valence-corrected chi connectivity index (χ3v) is 2.66. The first-order valence-corrected chi connectivity index (χ1v) is 5.63. The highest BCUT2D eigenvalue weighted by Crippen LogP contribution is 2.32. The van der Waals surface area contributed by atoms with Crippen LogP contribution in [0.5, 0.6) is 11.5 Å². The molecule has 18 heavy (non-hydrogen) atoms. The molecule has 5 nitrogen and oxygen atoms in total. The Morgan fingerprint density at radius 2 is 2.22 bits per heavy atom. The molecule has 0 unspecified atom stereocenters. The van der Waals surface area contributed by atoms with Gasteiger partial charge in [0.1, 0.15) is 12.4 Å². The molecule has 0 bridgehead atoms. The monoisotopic (exact) mass is 270 g/mol. The predicted octanol–water partition coefficient (Wildman–Crippen LogP) is 1.79. The molecule has 0 spiro atoms. The van der Waals surface area contributed by atoms with Gasteiger partial charge in [-0.3, -0.25) is 9.79 Å². The average Bonchev–Trinajstić information content (AvgIpc) is 2.40. The second kappa shape index (κ2) is 6.86. The maximum absolute atomic E-state index is 10.8. The second-order valence-corrected chi connectivity index (χ2v) is 3.76. The zero-order chi connectivity index (χ0) is 13.5. The first-order valence-electron chi connectivity index (χ1n) is 5.25. The average molecular weight is 271 g/mol. The van der Waals surface area contributed by atoms with E-state index in [1.807, 2.05) is 0 Å². The molecule has 0 aliphatic carbocycles. The molecule has 0 radical (unpaired) electrons. The Hall–Kier alpha value is -1.75. The summed E-state index contributed by atoms with van der Waals surface area (Å²) in [4.78, 5) is 14.7. The maximum Gasteiger partial charge on any atom is 0.163 e. The molecular formula is C12H15ClN2O3. The van der Waals surface area contributed by atoms with Crippen molar-refractivity contribution in [1.82, 2.24) is 5.32 Å². The number of carbonyl (C=O) groups excluding carboxylic acids is 1. The largest absolute Gasteiger partial charge is 0.493 e. The number of aldehydes is 1. The number of benzene rings is 1. The minimum atomic E-state index is 0.264. The Bertz CT molecular complexity index is 461. The Morgan fingerprint density at radius 1 is 1.50 bits per heavy atom. The number of amidine groups is 1. The van der Waals surface area contributed by atoms with Crippen molar-refractivity contribution in [3.63, 3.8) is 0 Å². The van der Waals surface area contributed by atoms with Gasteiger partial charge >= 0.3 is 0 Å². The van der Waals surface area contributed by atoms with Crippen LogP contribution in [0.4, 0.5) is 0 Å². The van der Waals surface area contributed by atoms with E-state index < -0.39 is 0 Å². The molecule has 0 aromatic heterocycles. The van der Waals surface area contributed by atoms with E-state index in [9.17, 15) is 4.79 Å². The minimum Gasteiger partial charge on any atom is -0.493 e. The number of nitrogens with one attached hydrogen (secondary N) is 1. The van der Waals surface area contributed by atoms with Crippen LogP contribution in [0.2, 0.25) is 5.02 Å². The van der Waals surface area contributed by atoms with Crippen molar-refractivity contribution >= 4 is 23.7 Å². The number of hydrogen-bond donors (Lipinski definition) is 1. The summed E-state index contributed by atoms with van der Waals surface area (Å²) in [5.74, 6) is 1.60. The summed E-state index contributed by atoms with van der Waals surface area (Å²) >= 11 is 5.93. The number of rotatable bonds is 5. The van der Waals surface area contributed by atoms with Crippen LogP contribution in [0.1, 0.15) is 10.4 Å². The molecule has 1 rings (SSSR count). The van der Waals surface area contributed by atoms with Crippen LogP contribution < -0.4 is 14.8 Å². The van der Waals surface area contributed by atoms with Gasteiger partial charge in [-0.2, -0.15) is 0 Å². The van der Waals surface area contributed by atoms with Crippen molar-refractivity contribution in [2.45, 2.75) is 0 Å². The van der Waals surface area contributed by atoms with Crippen LogP contribution in [-0.2, 0) is 0 Å². The highest BCUT2D eigenvalue weighted by molar-refractivity contribution is 6.33. The Kier molecular flexibility index (Phi) is 5.45. The van der Waals surface area contributed by atoms with Crippen molar-refractivity contribution in [2.24, 2.45) is 4.99 Å². The van der Waals surface area contributed by atoms with Crippen LogP contribution in [0, 0.1) is 0 Å². The van der Waals surface area contributed by atoms with E-state index in [2.05, 4.69) is 10.3 Å². The SMILES string of the molecule is CN=C(COc1cc(Cl)c(C=O)cc1OC)NC. The van der Waals surface area contributed by atoms with E-state index in [-0.39, 0.29) is 6.61 Å². The van der Waals surface area contributed by atoms with Crippen LogP contribution in [0.3, 0.4) is 0 Å². The summed E-state index contributed by atoms with van der Waals surface area (Å²) in [5.41, 5.74) is 0.360. The number of methoxy groups -OCH3 is 1. The van der Waals surface area contributed by atoms with Gasteiger partial charge in [0.25, 0.3) is 0 Å². The molecule has 0 atom stereocenters. The molecule has 0 saturated carbocycles. The van der Waals surface area contributed by atoms with Crippen molar-refractivity contribution in [2.75, 3.05) is 27.8 Å². The standard InChI is InChI=1S/C12H15ClN2O3/c1-14-12(15-2)7-18-11-5-9(13)8(6-16)4-10(11)17-3/h4-6H,7H2,1-3H3,(H,14,15). The highest BCUT2D eigenvalue weighted by atomic mass is 35.5. The molecule has 1 aromatic rings. The normalized spacial score (nSPS) is 11.0. The summed E-state index contributed by atoms with van der Waals surface area (Å²) in [6, 6.07) is 3.08. The van der Waals surface area contributed by atoms with E-state index in [4.69, 9.17) is 21.1 Å². The highest BCUT2D eigenvalue weighted by Gasteiger charge is 2.10. The summed E-state index contributed by atoms with van der Waals surface area (Å²) in [7, 11) is 4.91. The molecule has 6 heteroatoms. The lowest BCUT2D eigenvalue weighted by Crippen LogP contribution is -2.25. The zero-order valence-corrected chi connectivity index (χ0v) is 11.2. The molecule has 0 fully saturated rings. The zero-order valence-electron chi connectivity index (χ0n) is 10.5. The van der Waals surface area contributed by atoms with Crippen molar-refractivity contribution in [3.05, 3.63) is 22.7 Å². The lowest BCUT2D eigenvalue weighted by atomic mass is 10.2. The first-order chi connectivity index (χ1) is 8.65. The fourth-order valence-electron chi connectivity index (χ4n) is 1.31. The van der Waals surface area contributed by atoms with Gasteiger partial charge in [-0.1, -0.05) is 11.6 Å². The summed E-state index contributed by atoms with van der Waals surface area (Å²) in [6.07, 6.45) is 0.668. The number of likely N-dealkylation sites (N-methyl/N-ethyl adjacent to an activating group) is 1. The Labute approximate surface area is 111 Å². The van der Waals surface area contributed by atoms with E-state index in [1.165, 1.54) is 13.2 Å². The lowest BCUT2D eigenvalue weighted by Gasteiger charge is -2.12. The van der Waals surface area contributed by atoms with E-state index in [0.29, 0.717) is 34.2 Å². The molecule has 0 heterocycles. The number of aliphatic imine (C=N–C) groups is 1. The van der Waals surface area contributed by atoms with Crippen LogP contribution in [-0.4, -0.2) is 39.9 Å². The van der Waals surface area contributed by atoms with Gasteiger partial charge in [-0.25, -0.2) is 0 Å². The van der Waals surface area contributed by atoms with Crippen molar-refractivity contribution in [3.8, 4) is 11.5 Å². The van der Waals surface area contributed by atoms with Gasteiger partial charge in [0.2, 0.25) is 0 Å². The molecular weight excluding hydrogens is 256 g/mol.